The van der Waals surface area contributed by atoms with Gasteiger partial charge in [-0.3, -0.25) is 23.9 Å². The Labute approximate surface area is 333 Å². The maximum Gasteiger partial charge on any atom is 0.242 e. The highest BCUT2D eigenvalue weighted by Gasteiger charge is 2.44. The van der Waals surface area contributed by atoms with Gasteiger partial charge in [0.25, 0.3) is 0 Å². The van der Waals surface area contributed by atoms with Gasteiger partial charge in [-0.15, -0.1) is 0 Å². The molecule has 1 aliphatic heterocycles. The molecule has 1 saturated heterocycles. The molecule has 4 aromatic rings. The molecule has 5 N–H and O–H groups in total. The summed E-state index contributed by atoms with van der Waals surface area (Å²) in [4.78, 5) is 51.9. The number of allylic oxidation sites excluding steroid dienone is 2. The van der Waals surface area contributed by atoms with E-state index in [4.69, 9.17) is 10.5 Å². The number of carbonyl (C=O) groups excluding carboxylic acids is 3. The number of aromatic nitrogens is 1. The van der Waals surface area contributed by atoms with E-state index in [0.29, 0.717) is 34.7 Å². The molecule has 2 saturated carbocycles. The number of fused-ring (bicyclic) bond motifs is 1. The Bertz CT molecular complexity index is 2040. The number of amides is 3. The molecule has 3 aromatic carbocycles. The number of nitrogens with two attached hydrogens (primary N) is 1. The molecule has 12 heteroatoms. The number of anilines is 1. The van der Waals surface area contributed by atoms with Crippen LogP contribution in [0.3, 0.4) is 0 Å². The fourth-order valence-electron chi connectivity index (χ4n) is 6.41. The number of hydrogen-bond acceptors (Lipinski definition) is 7. The van der Waals surface area contributed by atoms with Crippen LogP contribution in [-0.4, -0.2) is 58.6 Å². The number of aromatic amines is 1. The normalized spacial score (nSPS) is 18.9. The summed E-state index contributed by atoms with van der Waals surface area (Å²) in [5, 5.41) is 3.51. The molecule has 2 heterocycles. The highest BCUT2D eigenvalue weighted by atomic mass is 32.2. The first-order chi connectivity index (χ1) is 27.0. The number of ether oxygens (including phenoxy) is 1. The second kappa shape index (κ2) is 20.2. The summed E-state index contributed by atoms with van der Waals surface area (Å²) in [5.74, 6) is 0.696. The van der Waals surface area contributed by atoms with Crippen LogP contribution in [0.15, 0.2) is 95.8 Å². The van der Waals surface area contributed by atoms with Crippen LogP contribution in [0.25, 0.3) is 22.2 Å². The molecule has 7 rings (SSSR count). The number of rotatable bonds is 14. The summed E-state index contributed by atoms with van der Waals surface area (Å²) >= 11 is 1.63. The number of unbranched alkanes of at least 4 members (excludes halogenated alkanes) is 3. The van der Waals surface area contributed by atoms with Crippen molar-refractivity contribution in [2.45, 2.75) is 82.4 Å². The van der Waals surface area contributed by atoms with Crippen LogP contribution in [-0.2, 0) is 14.4 Å². The Morgan fingerprint density at radius 1 is 1.05 bits per heavy atom. The number of hydrogen-bond donors (Lipinski definition) is 4. The molecule has 3 atom stereocenters. The first kappa shape index (κ1) is 42.1. The SMILES string of the molecule is CCCCC/C=C\[C@@H]1C[C@@H]1C(=O)NSC1(C)CC1.COc1ccc2c(=O)cc(-c3ccccc3)[nH]c2c1.NC(=O)[C@@H]1CCCN1C(=O)CNc1cccc(F)c1. The van der Waals surface area contributed by atoms with Gasteiger partial charge in [0.05, 0.1) is 19.2 Å². The first-order valence-electron chi connectivity index (χ1n) is 19.5. The Hall–Kier alpha value is -5.10. The number of halogens is 1. The molecule has 1 aromatic heterocycles. The van der Waals surface area contributed by atoms with Crippen LogP contribution in [0.5, 0.6) is 5.75 Å². The van der Waals surface area contributed by atoms with Crippen LogP contribution in [0.1, 0.15) is 71.6 Å². The van der Waals surface area contributed by atoms with E-state index < -0.39 is 11.9 Å². The third-order valence-corrected chi connectivity index (χ3v) is 11.4. The molecule has 0 bridgehead atoms. The van der Waals surface area contributed by atoms with Gasteiger partial charge in [0.15, 0.2) is 5.43 Å². The fourth-order valence-corrected chi connectivity index (χ4v) is 7.21. The number of carbonyl (C=O) groups is 3. The molecule has 10 nitrogen and oxygen atoms in total. The van der Waals surface area contributed by atoms with Crippen molar-refractivity contribution in [3.8, 4) is 17.0 Å². The minimum absolute atomic E-state index is 0.00950. The lowest BCUT2D eigenvalue weighted by atomic mass is 10.1. The zero-order valence-electron chi connectivity index (χ0n) is 32.5. The maximum absolute atomic E-state index is 13.0. The topological polar surface area (TPSA) is 147 Å². The van der Waals surface area contributed by atoms with Gasteiger partial charge in [0.2, 0.25) is 17.7 Å². The Kier molecular flexibility index (Phi) is 15.2. The molecule has 3 aliphatic rings. The summed E-state index contributed by atoms with van der Waals surface area (Å²) in [6.07, 6.45) is 14.5. The van der Waals surface area contributed by atoms with E-state index in [1.165, 1.54) is 55.6 Å². The van der Waals surface area contributed by atoms with Gasteiger partial charge in [-0.25, -0.2) is 4.39 Å². The lowest BCUT2D eigenvalue weighted by Gasteiger charge is -2.22. The molecular formula is C44H54FN5O5S. The van der Waals surface area contributed by atoms with E-state index in [2.05, 4.69) is 41.0 Å². The summed E-state index contributed by atoms with van der Waals surface area (Å²) in [5.41, 5.74) is 8.38. The Balaban J connectivity index is 0.000000161. The van der Waals surface area contributed by atoms with Gasteiger partial charge < -0.3 is 25.7 Å². The first-order valence-corrected chi connectivity index (χ1v) is 20.3. The van der Waals surface area contributed by atoms with Crippen molar-refractivity contribution in [3.05, 3.63) is 107 Å². The van der Waals surface area contributed by atoms with Gasteiger partial charge in [0.1, 0.15) is 17.6 Å². The maximum atomic E-state index is 13.0. The van der Waals surface area contributed by atoms with Gasteiger partial charge in [-0.05, 0) is 106 Å². The zero-order valence-corrected chi connectivity index (χ0v) is 33.3. The van der Waals surface area contributed by atoms with Crippen LogP contribution in [0.2, 0.25) is 0 Å². The average molecular weight is 784 g/mol. The lowest BCUT2D eigenvalue weighted by molar-refractivity contribution is -0.135. The van der Waals surface area contributed by atoms with Crippen LogP contribution < -0.4 is 25.9 Å². The van der Waals surface area contributed by atoms with Gasteiger partial charge in [-0.2, -0.15) is 0 Å². The van der Waals surface area contributed by atoms with Crippen molar-refractivity contribution < 1.29 is 23.5 Å². The van der Waals surface area contributed by atoms with E-state index in [-0.39, 0.29) is 35.5 Å². The van der Waals surface area contributed by atoms with Crippen molar-refractivity contribution in [3.63, 3.8) is 0 Å². The second-order valence-electron chi connectivity index (χ2n) is 14.8. The number of likely N-dealkylation sites (tertiary alicyclic amines) is 1. The van der Waals surface area contributed by atoms with E-state index in [1.54, 1.807) is 49.4 Å². The van der Waals surface area contributed by atoms with Gasteiger partial charge in [0, 0.05) is 46.1 Å². The van der Waals surface area contributed by atoms with Crippen LogP contribution in [0, 0.1) is 17.7 Å². The third-order valence-electron chi connectivity index (χ3n) is 10.2. The third kappa shape index (κ3) is 12.5. The van der Waals surface area contributed by atoms with E-state index in [9.17, 15) is 23.6 Å². The molecule has 298 valence electrons. The standard InChI is InChI=1S/C16H13NO2.C15H25NOS.C13H16FN3O2/c1-19-12-7-8-13-15(9-12)17-14(10-16(13)18)11-5-3-2-4-6-11;1-3-4-5-6-7-8-12-11-13(12)14(17)16-18-15(2)9-10-15;14-9-3-1-4-10(7-9)16-8-12(18)17-6-2-5-11(17)13(15)19/h2-10H,1H3,(H,17,18);7-8,12-13H,3-6,9-11H2,1-2H3,(H,16,17);1,3-4,7,11,16H,2,5-6,8H2,(H2,15,19)/b;8-7-;/t;12-,13+;11-/m.10/s1. The Morgan fingerprint density at radius 2 is 1.84 bits per heavy atom. The van der Waals surface area contributed by atoms with Crippen molar-refractivity contribution in [2.24, 2.45) is 17.6 Å². The largest absolute Gasteiger partial charge is 0.497 e. The number of nitrogens with one attached hydrogen (secondary N) is 3. The monoisotopic (exact) mass is 783 g/mol. The lowest BCUT2D eigenvalue weighted by Crippen LogP contribution is -2.45. The van der Waals surface area contributed by atoms with Crippen LogP contribution in [0.4, 0.5) is 10.1 Å². The highest BCUT2D eigenvalue weighted by Crippen LogP contribution is 2.47. The van der Waals surface area contributed by atoms with E-state index in [1.807, 2.05) is 36.4 Å². The quantitative estimate of drug-likeness (QED) is 0.0576. The van der Waals surface area contributed by atoms with E-state index >= 15 is 0 Å². The summed E-state index contributed by atoms with van der Waals surface area (Å²) in [6.45, 7) is 5.00. The smallest absolute Gasteiger partial charge is 0.242 e. The zero-order chi connectivity index (χ0) is 40.1. The van der Waals surface area contributed by atoms with Crippen molar-refractivity contribution in [2.75, 3.05) is 25.5 Å². The minimum atomic E-state index is -0.512. The number of benzene rings is 3. The fraction of sp³-hybridized carbons (Fsp3) is 0.409. The van der Waals surface area contributed by atoms with Gasteiger partial charge in [-0.1, -0.05) is 68.3 Å². The second-order valence-corrected chi connectivity index (χ2v) is 16.2. The number of methoxy groups -OCH3 is 1. The molecule has 3 fully saturated rings. The van der Waals surface area contributed by atoms with Crippen molar-refractivity contribution in [1.29, 1.82) is 0 Å². The predicted molar refractivity (Wildman–Crippen MR) is 224 cm³/mol. The molecule has 56 heavy (non-hydrogen) atoms. The van der Waals surface area contributed by atoms with Gasteiger partial charge >= 0.3 is 0 Å². The summed E-state index contributed by atoms with van der Waals surface area (Å²) in [6, 6.07) is 22.2. The van der Waals surface area contributed by atoms with E-state index in [0.717, 1.165) is 35.4 Å². The number of pyridine rings is 1. The summed E-state index contributed by atoms with van der Waals surface area (Å²) < 4.78 is 21.5. The average Bonchev–Trinajstić information content (AvgIpc) is 4.10. The molecule has 0 unspecified atom stereocenters. The van der Waals surface area contributed by atoms with Crippen molar-refractivity contribution in [1.82, 2.24) is 14.6 Å². The minimum Gasteiger partial charge on any atom is -0.497 e. The number of nitrogens with zero attached hydrogens (tertiary/aromatic N) is 1. The Morgan fingerprint density at radius 3 is 2.54 bits per heavy atom. The molecule has 3 amide bonds. The predicted octanol–water partition coefficient (Wildman–Crippen LogP) is 7.99. The molecular weight excluding hydrogens is 730 g/mol. The highest BCUT2D eigenvalue weighted by molar-refractivity contribution is 7.99. The molecule has 0 spiro atoms. The number of H-pyrrole nitrogens is 1. The number of primary amides is 1. The van der Waals surface area contributed by atoms with Crippen molar-refractivity contribution >= 4 is 46.3 Å². The molecule has 2 aliphatic carbocycles. The van der Waals surface area contributed by atoms with Crippen LogP contribution >= 0.6 is 11.9 Å². The molecule has 0 radical (unpaired) electrons. The summed E-state index contributed by atoms with van der Waals surface area (Å²) in [7, 11) is 1.61.